The minimum Gasteiger partial charge on any atom is -0.391 e. The molecule has 0 radical (unpaired) electrons. The number of benzene rings is 1. The fourth-order valence-electron chi connectivity index (χ4n) is 1.73. The highest BCUT2D eigenvalue weighted by molar-refractivity contribution is 5.85. The average Bonchev–Trinajstić information content (AvgIpc) is 2.24. The van der Waals surface area contributed by atoms with Gasteiger partial charge in [0, 0.05) is 5.56 Å². The number of alkyl halides is 3. The topological polar surface area (TPSA) is 46.2 Å². The third kappa shape index (κ3) is 4.07. The van der Waals surface area contributed by atoms with E-state index in [1.165, 1.54) is 0 Å². The van der Waals surface area contributed by atoms with E-state index in [-0.39, 0.29) is 18.0 Å². The predicted molar refractivity (Wildman–Crippen MR) is 71.0 cm³/mol. The van der Waals surface area contributed by atoms with Crippen LogP contribution in [-0.2, 0) is 6.18 Å². The van der Waals surface area contributed by atoms with Gasteiger partial charge < -0.3 is 10.8 Å². The van der Waals surface area contributed by atoms with Crippen molar-refractivity contribution >= 4 is 12.4 Å². The fraction of sp³-hybridized carbons (Fsp3) is 0.538. The minimum absolute atomic E-state index is 0. The highest BCUT2D eigenvalue weighted by Gasteiger charge is 2.37. The molecule has 0 amide bonds. The number of halogens is 5. The molecule has 0 aliphatic heterocycles. The molecule has 0 aliphatic carbocycles. The molecule has 0 fully saturated rings. The Labute approximate surface area is 121 Å². The van der Waals surface area contributed by atoms with Gasteiger partial charge in [-0.25, -0.2) is 4.39 Å². The predicted octanol–water partition coefficient (Wildman–Crippen LogP) is 3.67. The largest absolute Gasteiger partial charge is 0.419 e. The molecule has 0 spiro atoms. The summed E-state index contributed by atoms with van der Waals surface area (Å²) in [7, 11) is 0. The first-order valence-corrected chi connectivity index (χ1v) is 5.75. The van der Waals surface area contributed by atoms with Crippen LogP contribution in [0.25, 0.3) is 0 Å². The number of aliphatic hydroxyl groups excluding tert-OH is 1. The fourth-order valence-corrected chi connectivity index (χ4v) is 1.73. The van der Waals surface area contributed by atoms with Crippen molar-refractivity contribution in [3.05, 3.63) is 35.1 Å². The van der Waals surface area contributed by atoms with Crippen molar-refractivity contribution in [2.75, 3.05) is 0 Å². The maximum absolute atomic E-state index is 13.9. The first-order valence-electron chi connectivity index (χ1n) is 5.75. The molecule has 1 aromatic rings. The summed E-state index contributed by atoms with van der Waals surface area (Å²) in [6.07, 6.45) is -5.95. The zero-order chi connectivity index (χ0) is 15.0. The number of hydrogen-bond acceptors (Lipinski definition) is 2. The van der Waals surface area contributed by atoms with Crippen LogP contribution in [0.3, 0.4) is 0 Å². The number of rotatable bonds is 2. The molecule has 0 bridgehead atoms. The molecule has 116 valence electrons. The molecule has 1 aromatic carbocycles. The van der Waals surface area contributed by atoms with Crippen LogP contribution in [0.4, 0.5) is 17.6 Å². The summed E-state index contributed by atoms with van der Waals surface area (Å²) in [5.74, 6) is -1.43. The number of nitrogens with two attached hydrogens (primary N) is 1. The number of hydrogen-bond donors (Lipinski definition) is 2. The number of aliphatic hydroxyl groups is 1. The van der Waals surface area contributed by atoms with Crippen LogP contribution in [0.5, 0.6) is 0 Å². The van der Waals surface area contributed by atoms with Crippen molar-refractivity contribution in [2.45, 2.75) is 39.1 Å². The van der Waals surface area contributed by atoms with Gasteiger partial charge in [-0.1, -0.05) is 32.9 Å². The third-order valence-electron chi connectivity index (χ3n) is 2.92. The van der Waals surface area contributed by atoms with Crippen LogP contribution in [0.1, 0.15) is 37.9 Å². The Morgan fingerprint density at radius 3 is 2.05 bits per heavy atom. The van der Waals surface area contributed by atoms with Crippen molar-refractivity contribution in [2.24, 2.45) is 11.1 Å². The second kappa shape index (κ2) is 6.28. The van der Waals surface area contributed by atoms with Crippen LogP contribution in [0, 0.1) is 11.2 Å². The first kappa shape index (κ1) is 19.1. The second-order valence-corrected chi connectivity index (χ2v) is 5.54. The molecule has 20 heavy (non-hydrogen) atoms. The van der Waals surface area contributed by atoms with Gasteiger partial charge in [0.05, 0.1) is 17.7 Å². The SMILES string of the molecule is CC(C)(C)[C@H](O)[C@H](N)c1cccc(C(F)(F)F)c1F.Cl. The molecular weight excluding hydrogens is 298 g/mol. The highest BCUT2D eigenvalue weighted by atomic mass is 35.5. The molecule has 0 aromatic heterocycles. The summed E-state index contributed by atoms with van der Waals surface area (Å²) >= 11 is 0. The van der Waals surface area contributed by atoms with Crippen LogP contribution in [-0.4, -0.2) is 11.2 Å². The summed E-state index contributed by atoms with van der Waals surface area (Å²) in [6.45, 7) is 5.01. The maximum atomic E-state index is 13.9. The van der Waals surface area contributed by atoms with Crippen molar-refractivity contribution < 1.29 is 22.7 Å². The minimum atomic E-state index is -4.79. The van der Waals surface area contributed by atoms with Crippen LogP contribution < -0.4 is 5.73 Å². The Bertz CT molecular complexity index is 457. The summed E-state index contributed by atoms with van der Waals surface area (Å²) in [5, 5.41) is 9.95. The van der Waals surface area contributed by atoms with Crippen LogP contribution in [0.15, 0.2) is 18.2 Å². The first-order chi connectivity index (χ1) is 8.46. The molecule has 2 atom stereocenters. The Morgan fingerprint density at radius 2 is 1.65 bits per heavy atom. The van der Waals surface area contributed by atoms with Gasteiger partial charge in [-0.05, 0) is 11.5 Å². The van der Waals surface area contributed by atoms with E-state index in [2.05, 4.69) is 0 Å². The van der Waals surface area contributed by atoms with E-state index < -0.39 is 35.1 Å². The van der Waals surface area contributed by atoms with Crippen molar-refractivity contribution in [1.29, 1.82) is 0 Å². The van der Waals surface area contributed by atoms with Crippen molar-refractivity contribution in [1.82, 2.24) is 0 Å². The van der Waals surface area contributed by atoms with Crippen LogP contribution >= 0.6 is 12.4 Å². The van der Waals surface area contributed by atoms with E-state index in [0.717, 1.165) is 12.1 Å². The summed E-state index contributed by atoms with van der Waals surface area (Å²) in [6, 6.07) is 1.66. The van der Waals surface area contributed by atoms with Gasteiger partial charge in [0.15, 0.2) is 0 Å². The van der Waals surface area contributed by atoms with E-state index in [1.54, 1.807) is 20.8 Å². The quantitative estimate of drug-likeness (QED) is 0.818. The van der Waals surface area contributed by atoms with Gasteiger partial charge in [0.1, 0.15) is 5.82 Å². The summed E-state index contributed by atoms with van der Waals surface area (Å²) < 4.78 is 51.6. The van der Waals surface area contributed by atoms with E-state index in [1.807, 2.05) is 0 Å². The molecular formula is C13H18ClF4NO. The maximum Gasteiger partial charge on any atom is 0.419 e. The van der Waals surface area contributed by atoms with Crippen molar-refractivity contribution in [3.63, 3.8) is 0 Å². The lowest BCUT2D eigenvalue weighted by Crippen LogP contribution is -2.37. The zero-order valence-electron chi connectivity index (χ0n) is 11.3. The molecule has 3 N–H and O–H groups in total. The van der Waals surface area contributed by atoms with E-state index >= 15 is 0 Å². The second-order valence-electron chi connectivity index (χ2n) is 5.54. The van der Waals surface area contributed by atoms with Gasteiger partial charge in [-0.2, -0.15) is 13.2 Å². The zero-order valence-corrected chi connectivity index (χ0v) is 12.1. The smallest absolute Gasteiger partial charge is 0.391 e. The van der Waals surface area contributed by atoms with Gasteiger partial charge in [-0.15, -0.1) is 12.4 Å². The molecule has 0 aliphatic rings. The molecule has 0 saturated carbocycles. The van der Waals surface area contributed by atoms with E-state index in [0.29, 0.717) is 6.07 Å². The lowest BCUT2D eigenvalue weighted by Gasteiger charge is -2.31. The van der Waals surface area contributed by atoms with E-state index in [4.69, 9.17) is 5.73 Å². The third-order valence-corrected chi connectivity index (χ3v) is 2.92. The molecule has 1 rings (SSSR count). The molecule has 7 heteroatoms. The Morgan fingerprint density at radius 1 is 1.15 bits per heavy atom. The lowest BCUT2D eigenvalue weighted by atomic mass is 9.82. The normalized spacial score (nSPS) is 15.4. The summed E-state index contributed by atoms with van der Waals surface area (Å²) in [5.41, 5.74) is 3.30. The van der Waals surface area contributed by atoms with E-state index in [9.17, 15) is 22.7 Å². The Hall–Kier alpha value is -0.850. The van der Waals surface area contributed by atoms with Gasteiger partial charge >= 0.3 is 6.18 Å². The average molecular weight is 316 g/mol. The molecule has 0 unspecified atom stereocenters. The molecule has 2 nitrogen and oxygen atoms in total. The summed E-state index contributed by atoms with van der Waals surface area (Å²) in [4.78, 5) is 0. The highest BCUT2D eigenvalue weighted by Crippen LogP contribution is 2.36. The van der Waals surface area contributed by atoms with Gasteiger partial charge in [0.2, 0.25) is 0 Å². The van der Waals surface area contributed by atoms with Gasteiger partial charge in [-0.3, -0.25) is 0 Å². The lowest BCUT2D eigenvalue weighted by molar-refractivity contribution is -0.140. The molecule has 0 saturated heterocycles. The van der Waals surface area contributed by atoms with Crippen LogP contribution in [0.2, 0.25) is 0 Å². The standard InChI is InChI=1S/C13H17F4NO.ClH/c1-12(2,3)11(19)10(18)7-5-4-6-8(9(7)14)13(15,16)17;/h4-6,10-11,19H,18H2,1-3H3;1H/t10-,11-;/m1./s1. The monoisotopic (exact) mass is 315 g/mol. The molecule has 0 heterocycles. The Balaban J connectivity index is 0.00000361. The van der Waals surface area contributed by atoms with Gasteiger partial charge in [0.25, 0.3) is 0 Å². The Kier molecular flexibility index (Phi) is 6.02. The van der Waals surface area contributed by atoms with Crippen molar-refractivity contribution in [3.8, 4) is 0 Å².